The van der Waals surface area contributed by atoms with Gasteiger partial charge in [0.05, 0.1) is 5.69 Å². The van der Waals surface area contributed by atoms with Gasteiger partial charge >= 0.3 is 0 Å². The van der Waals surface area contributed by atoms with Gasteiger partial charge in [-0.1, -0.05) is 13.0 Å². The van der Waals surface area contributed by atoms with E-state index in [1.165, 1.54) is 24.1 Å². The summed E-state index contributed by atoms with van der Waals surface area (Å²) in [5.41, 5.74) is 2.42. The maximum absolute atomic E-state index is 4.59. The van der Waals surface area contributed by atoms with E-state index in [0.29, 0.717) is 5.92 Å². The molecule has 4 heteroatoms. The molecule has 1 saturated carbocycles. The number of hydrogen-bond donors (Lipinski definition) is 1. The van der Waals surface area contributed by atoms with Crippen LogP contribution in [0.4, 0.5) is 0 Å². The zero-order valence-corrected chi connectivity index (χ0v) is 11.3. The summed E-state index contributed by atoms with van der Waals surface area (Å²) in [5.74, 6) is 1.59. The van der Waals surface area contributed by atoms with Gasteiger partial charge in [-0.15, -0.1) is 0 Å². The van der Waals surface area contributed by atoms with Gasteiger partial charge in [0.25, 0.3) is 0 Å². The van der Waals surface area contributed by atoms with E-state index in [0.717, 1.165) is 25.3 Å². The van der Waals surface area contributed by atoms with Gasteiger partial charge in [0.1, 0.15) is 0 Å². The highest BCUT2D eigenvalue weighted by Crippen LogP contribution is 2.38. The number of hydrogen-bond acceptors (Lipinski definition) is 3. The van der Waals surface area contributed by atoms with Crippen LogP contribution >= 0.6 is 0 Å². The summed E-state index contributed by atoms with van der Waals surface area (Å²) in [6.07, 6.45) is 7.66. The van der Waals surface area contributed by atoms with Gasteiger partial charge in [-0.3, -0.25) is 0 Å². The smallest absolute Gasteiger partial charge is 0.153 e. The quantitative estimate of drug-likeness (QED) is 0.808. The maximum atomic E-state index is 4.59. The first kappa shape index (κ1) is 12.4. The minimum absolute atomic E-state index is 0.693. The average molecular weight is 256 g/mol. The molecular weight excluding hydrogens is 236 g/mol. The molecule has 2 aromatic heterocycles. The Bertz CT molecular complexity index is 525. The first-order valence-corrected chi connectivity index (χ1v) is 7.08. The third kappa shape index (κ3) is 3.01. The lowest BCUT2D eigenvalue weighted by atomic mass is 10.3. The van der Waals surface area contributed by atoms with Crippen molar-refractivity contribution >= 4 is 0 Å². The second kappa shape index (κ2) is 5.53. The Labute approximate surface area is 113 Å². The molecular formula is C15H20N4. The molecule has 1 N–H and O–H groups in total. The Morgan fingerprint density at radius 1 is 1.32 bits per heavy atom. The van der Waals surface area contributed by atoms with Crippen molar-refractivity contribution < 1.29 is 0 Å². The number of aromatic nitrogens is 3. The SMILES string of the molecule is CCCNCc1ccc(-n2ccc(C3CC3)n2)nc1. The van der Waals surface area contributed by atoms with Crippen LogP contribution in [0.2, 0.25) is 0 Å². The Balaban J connectivity index is 1.66. The van der Waals surface area contributed by atoms with Crippen molar-refractivity contribution in [3.63, 3.8) is 0 Å². The van der Waals surface area contributed by atoms with Gasteiger partial charge in [-0.05, 0) is 43.5 Å². The van der Waals surface area contributed by atoms with E-state index in [-0.39, 0.29) is 0 Å². The number of pyridine rings is 1. The first-order chi connectivity index (χ1) is 9.36. The summed E-state index contributed by atoms with van der Waals surface area (Å²) in [6.45, 7) is 4.10. The lowest BCUT2D eigenvalue weighted by Gasteiger charge is -2.04. The molecule has 0 bridgehead atoms. The van der Waals surface area contributed by atoms with Crippen LogP contribution in [0.1, 0.15) is 43.4 Å². The lowest BCUT2D eigenvalue weighted by molar-refractivity contribution is 0.673. The molecule has 0 unspecified atom stereocenters. The van der Waals surface area contributed by atoms with Crippen molar-refractivity contribution in [2.45, 2.75) is 38.6 Å². The van der Waals surface area contributed by atoms with Crippen molar-refractivity contribution in [1.82, 2.24) is 20.1 Å². The standard InChI is InChI=1S/C15H20N4/c1-2-8-16-10-12-3-6-15(17-11-12)19-9-7-14(18-19)13-4-5-13/h3,6-7,9,11,13,16H,2,4-5,8,10H2,1H3. The van der Waals surface area contributed by atoms with Gasteiger partial charge in [0.15, 0.2) is 5.82 Å². The number of nitrogens with zero attached hydrogens (tertiary/aromatic N) is 3. The van der Waals surface area contributed by atoms with E-state index in [1.54, 1.807) is 0 Å². The van der Waals surface area contributed by atoms with Crippen molar-refractivity contribution in [1.29, 1.82) is 0 Å². The largest absolute Gasteiger partial charge is 0.313 e. The molecule has 4 nitrogen and oxygen atoms in total. The van der Waals surface area contributed by atoms with Crippen LogP contribution in [0.15, 0.2) is 30.6 Å². The number of nitrogens with one attached hydrogen (secondary N) is 1. The van der Waals surface area contributed by atoms with E-state index >= 15 is 0 Å². The van der Waals surface area contributed by atoms with Gasteiger partial charge in [-0.25, -0.2) is 9.67 Å². The van der Waals surface area contributed by atoms with Crippen LogP contribution in [0.25, 0.3) is 5.82 Å². The topological polar surface area (TPSA) is 42.7 Å². The number of rotatable bonds is 6. The second-order valence-electron chi connectivity index (χ2n) is 5.16. The summed E-state index contributed by atoms with van der Waals surface area (Å²) < 4.78 is 1.87. The maximum Gasteiger partial charge on any atom is 0.153 e. The van der Waals surface area contributed by atoms with Gasteiger partial charge in [-0.2, -0.15) is 5.10 Å². The molecule has 19 heavy (non-hydrogen) atoms. The minimum atomic E-state index is 0.693. The third-order valence-electron chi connectivity index (χ3n) is 3.41. The van der Waals surface area contributed by atoms with E-state index in [1.807, 2.05) is 23.1 Å². The average Bonchev–Trinajstić information content (AvgIpc) is 3.18. The molecule has 1 aliphatic rings. The molecule has 0 aliphatic heterocycles. The van der Waals surface area contributed by atoms with Crippen molar-refractivity contribution in [2.75, 3.05) is 6.54 Å². The normalized spacial score (nSPS) is 14.8. The monoisotopic (exact) mass is 256 g/mol. The molecule has 1 aliphatic carbocycles. The highest BCUT2D eigenvalue weighted by atomic mass is 15.3. The molecule has 0 atom stereocenters. The Morgan fingerprint density at radius 2 is 2.21 bits per heavy atom. The third-order valence-corrected chi connectivity index (χ3v) is 3.41. The van der Waals surface area contributed by atoms with Crippen LogP contribution in [-0.4, -0.2) is 21.3 Å². The summed E-state index contributed by atoms with van der Waals surface area (Å²) in [5, 5.41) is 7.96. The van der Waals surface area contributed by atoms with Crippen LogP contribution in [0.5, 0.6) is 0 Å². The van der Waals surface area contributed by atoms with Crippen molar-refractivity contribution in [3.05, 3.63) is 41.9 Å². The summed E-state index contributed by atoms with van der Waals surface area (Å²) in [6, 6.07) is 6.26. The van der Waals surface area contributed by atoms with E-state index in [2.05, 4.69) is 34.5 Å². The molecule has 2 heterocycles. The second-order valence-corrected chi connectivity index (χ2v) is 5.16. The first-order valence-electron chi connectivity index (χ1n) is 7.08. The highest BCUT2D eigenvalue weighted by molar-refractivity contribution is 5.26. The van der Waals surface area contributed by atoms with Crippen molar-refractivity contribution in [2.24, 2.45) is 0 Å². The molecule has 3 rings (SSSR count). The molecule has 2 aromatic rings. The minimum Gasteiger partial charge on any atom is -0.313 e. The molecule has 0 amide bonds. The van der Waals surface area contributed by atoms with Gasteiger partial charge in [0.2, 0.25) is 0 Å². The van der Waals surface area contributed by atoms with Crippen molar-refractivity contribution in [3.8, 4) is 5.82 Å². The van der Waals surface area contributed by atoms with E-state index < -0.39 is 0 Å². The summed E-state index contributed by atoms with van der Waals surface area (Å²) >= 11 is 0. The predicted octanol–water partition coefficient (Wildman–Crippen LogP) is 2.64. The molecule has 0 radical (unpaired) electrons. The van der Waals surface area contributed by atoms with Crippen LogP contribution in [0, 0.1) is 0 Å². The lowest BCUT2D eigenvalue weighted by Crippen LogP contribution is -2.14. The fourth-order valence-corrected chi connectivity index (χ4v) is 2.13. The Morgan fingerprint density at radius 3 is 2.89 bits per heavy atom. The Hall–Kier alpha value is -1.68. The van der Waals surface area contributed by atoms with Crippen LogP contribution in [0.3, 0.4) is 0 Å². The van der Waals surface area contributed by atoms with Crippen LogP contribution < -0.4 is 5.32 Å². The summed E-state index contributed by atoms with van der Waals surface area (Å²) in [4.78, 5) is 4.48. The van der Waals surface area contributed by atoms with Crippen LogP contribution in [-0.2, 0) is 6.54 Å². The molecule has 1 fully saturated rings. The molecule has 0 aromatic carbocycles. The van der Waals surface area contributed by atoms with Gasteiger partial charge < -0.3 is 5.32 Å². The molecule has 0 saturated heterocycles. The Kier molecular flexibility index (Phi) is 3.60. The fraction of sp³-hybridized carbons (Fsp3) is 0.467. The molecule has 0 spiro atoms. The zero-order chi connectivity index (χ0) is 13.1. The fourth-order valence-electron chi connectivity index (χ4n) is 2.13. The highest BCUT2D eigenvalue weighted by Gasteiger charge is 2.25. The zero-order valence-electron chi connectivity index (χ0n) is 11.3. The van der Waals surface area contributed by atoms with E-state index in [9.17, 15) is 0 Å². The van der Waals surface area contributed by atoms with E-state index in [4.69, 9.17) is 0 Å². The predicted molar refractivity (Wildman–Crippen MR) is 75.3 cm³/mol. The van der Waals surface area contributed by atoms with Gasteiger partial charge in [0, 0.05) is 24.9 Å². The summed E-state index contributed by atoms with van der Waals surface area (Å²) in [7, 11) is 0. The molecule has 100 valence electrons.